The van der Waals surface area contributed by atoms with Crippen LogP contribution in [0.15, 0.2) is 66.9 Å². The van der Waals surface area contributed by atoms with Gasteiger partial charge in [-0.3, -0.25) is 19.4 Å². The summed E-state index contributed by atoms with van der Waals surface area (Å²) in [5.74, 6) is -2.49. The van der Waals surface area contributed by atoms with Gasteiger partial charge in [0.15, 0.2) is 0 Å². The Balaban J connectivity index is 0.000000666. The van der Waals surface area contributed by atoms with Gasteiger partial charge in [0.2, 0.25) is 17.7 Å². The first kappa shape index (κ1) is 41.3. The number of nitrogens with zero attached hydrogens (tertiary/aromatic N) is 3. The molecule has 2 fully saturated rings. The maximum absolute atomic E-state index is 13.1. The van der Waals surface area contributed by atoms with Crippen molar-refractivity contribution in [3.63, 3.8) is 0 Å². The topological polar surface area (TPSA) is 204 Å². The number of carboxylic acid groups (broad SMARTS) is 1. The fourth-order valence-corrected chi connectivity index (χ4v) is 5.35. The van der Waals surface area contributed by atoms with Crippen LogP contribution in [0.4, 0.5) is 5.69 Å². The zero-order valence-corrected chi connectivity index (χ0v) is 28.0. The number of halogens is 3. The van der Waals surface area contributed by atoms with E-state index in [-0.39, 0.29) is 75.6 Å². The summed E-state index contributed by atoms with van der Waals surface area (Å²) in [6.07, 6.45) is 1.21. The summed E-state index contributed by atoms with van der Waals surface area (Å²) in [5.41, 5.74) is 13.7. The third-order valence-electron chi connectivity index (χ3n) is 7.68. The number of pyridine rings is 1. The number of benzene rings is 2. The van der Waals surface area contributed by atoms with Crippen LogP contribution in [0.1, 0.15) is 18.4 Å². The van der Waals surface area contributed by atoms with Crippen molar-refractivity contribution < 1.29 is 29.4 Å². The molecule has 0 spiro atoms. The van der Waals surface area contributed by atoms with E-state index in [2.05, 4.69) is 15.6 Å². The molecule has 1 unspecified atom stereocenters. The molecule has 13 nitrogen and oxygen atoms in total. The molecule has 2 saturated heterocycles. The number of amides is 3. The molecule has 2 aromatic carbocycles. The number of carbonyl (C=O) groups excluding carboxylic acids is 3. The average Bonchev–Trinajstić information content (AvgIpc) is 3.47. The van der Waals surface area contributed by atoms with E-state index in [1.54, 1.807) is 6.20 Å². The molecule has 2 aliphatic rings. The monoisotopic (exact) mass is 713 g/mol. The SMILES string of the molecule is Cl.Cl.Cl.NCC(=O)N1CCNC(C(=O)N2C[C@H](NC(=O)[C@H](O)CCc3ccccc3)C[C@H]2C(=O)O)C1.Nc1cnc2ccccc2c1. The van der Waals surface area contributed by atoms with E-state index in [0.29, 0.717) is 25.2 Å². The lowest BCUT2D eigenvalue weighted by Gasteiger charge is -2.35. The van der Waals surface area contributed by atoms with Gasteiger partial charge in [0.1, 0.15) is 18.2 Å². The fraction of sp³-hybridized carbons (Fsp3) is 0.387. The van der Waals surface area contributed by atoms with Gasteiger partial charge in [0.05, 0.1) is 23.9 Å². The smallest absolute Gasteiger partial charge is 0.326 e. The minimum Gasteiger partial charge on any atom is -0.480 e. The Hall–Kier alpha value is -3.72. The van der Waals surface area contributed by atoms with Crippen LogP contribution in [0.2, 0.25) is 0 Å². The zero-order chi connectivity index (χ0) is 31.6. The predicted octanol–water partition coefficient (Wildman–Crippen LogP) is 0.992. The molecule has 8 N–H and O–H groups in total. The summed E-state index contributed by atoms with van der Waals surface area (Å²) in [4.78, 5) is 56.0. The average molecular weight is 715 g/mol. The second kappa shape index (κ2) is 19.8. The number of aliphatic carboxylic acids is 1. The Morgan fingerprint density at radius 3 is 2.38 bits per heavy atom. The van der Waals surface area contributed by atoms with Gasteiger partial charge >= 0.3 is 5.97 Å². The maximum atomic E-state index is 13.1. The van der Waals surface area contributed by atoms with Crippen LogP contribution in [0, 0.1) is 0 Å². The van der Waals surface area contributed by atoms with Crippen molar-refractivity contribution in [3.8, 4) is 0 Å². The highest BCUT2D eigenvalue weighted by Gasteiger charge is 2.43. The highest BCUT2D eigenvalue weighted by Crippen LogP contribution is 2.21. The van der Waals surface area contributed by atoms with Crippen LogP contribution >= 0.6 is 37.2 Å². The zero-order valence-electron chi connectivity index (χ0n) is 25.6. The molecule has 47 heavy (non-hydrogen) atoms. The molecule has 1 aromatic heterocycles. The Labute approximate surface area is 291 Å². The number of piperazine rings is 1. The molecule has 16 heteroatoms. The summed E-state index contributed by atoms with van der Waals surface area (Å²) in [5, 5.41) is 26.6. The van der Waals surface area contributed by atoms with Crippen molar-refractivity contribution in [2.24, 2.45) is 5.73 Å². The van der Waals surface area contributed by atoms with Gasteiger partial charge in [-0.2, -0.15) is 0 Å². The van der Waals surface area contributed by atoms with E-state index in [1.807, 2.05) is 60.7 Å². The third kappa shape index (κ3) is 11.5. The standard InChI is InChI=1S/C22H31N5O6.C9H8N2.3ClH/c23-11-19(29)26-9-8-24-16(13-26)21(31)27-12-15(10-17(27)22(32)33)25-20(30)18(28)7-6-14-4-2-1-3-5-14;10-8-5-7-3-1-2-4-9(7)11-6-8;;;/h1-5,15-18,24,28H,6-13,23H2,(H,25,30)(H,32,33);1-6H,10H2;3*1H/t15-,16?,17+,18-;;;;/m1..../s1. The molecular weight excluding hydrogens is 673 g/mol. The number of hydrogen-bond acceptors (Lipinski definition) is 9. The molecule has 258 valence electrons. The Kier molecular flexibility index (Phi) is 17.4. The largest absolute Gasteiger partial charge is 0.480 e. The van der Waals surface area contributed by atoms with Gasteiger partial charge in [0, 0.05) is 44.0 Å². The number of nitrogen functional groups attached to an aromatic ring is 1. The van der Waals surface area contributed by atoms with E-state index in [1.165, 1.54) is 9.80 Å². The fourth-order valence-electron chi connectivity index (χ4n) is 5.35. The predicted molar refractivity (Wildman–Crippen MR) is 186 cm³/mol. The Bertz CT molecular complexity index is 1470. The number of hydrogen-bond donors (Lipinski definition) is 6. The van der Waals surface area contributed by atoms with Crippen molar-refractivity contribution in [2.75, 3.05) is 38.5 Å². The highest BCUT2D eigenvalue weighted by molar-refractivity contribution is 5.89. The molecule has 3 aromatic rings. The number of anilines is 1. The minimum atomic E-state index is -1.24. The van der Waals surface area contributed by atoms with Crippen LogP contribution in [0.3, 0.4) is 0 Å². The molecule has 0 bridgehead atoms. The molecule has 5 rings (SSSR count). The lowest BCUT2D eigenvalue weighted by atomic mass is 10.1. The van der Waals surface area contributed by atoms with E-state index >= 15 is 0 Å². The summed E-state index contributed by atoms with van der Waals surface area (Å²) >= 11 is 0. The number of aromatic nitrogens is 1. The van der Waals surface area contributed by atoms with Crippen molar-refractivity contribution in [1.29, 1.82) is 0 Å². The van der Waals surface area contributed by atoms with Gasteiger partial charge in [-0.25, -0.2) is 4.79 Å². The first-order valence-corrected chi connectivity index (χ1v) is 14.5. The first-order valence-electron chi connectivity index (χ1n) is 14.5. The van der Waals surface area contributed by atoms with Crippen LogP contribution in [-0.2, 0) is 25.6 Å². The number of carboxylic acids is 1. The van der Waals surface area contributed by atoms with Gasteiger partial charge in [0.25, 0.3) is 0 Å². The van der Waals surface area contributed by atoms with Crippen molar-refractivity contribution in [3.05, 3.63) is 72.4 Å². The van der Waals surface area contributed by atoms with Crippen LogP contribution < -0.4 is 22.1 Å². The molecule has 3 heterocycles. The number of carbonyl (C=O) groups is 4. The number of aliphatic hydroxyl groups is 1. The van der Waals surface area contributed by atoms with E-state index in [0.717, 1.165) is 16.5 Å². The molecule has 0 radical (unpaired) electrons. The van der Waals surface area contributed by atoms with E-state index in [4.69, 9.17) is 11.5 Å². The Morgan fingerprint density at radius 1 is 1.02 bits per heavy atom. The maximum Gasteiger partial charge on any atom is 0.326 e. The number of fused-ring (bicyclic) bond motifs is 1. The number of likely N-dealkylation sites (tertiary alicyclic amines) is 1. The molecular formula is C31H42Cl3N7O6. The summed E-state index contributed by atoms with van der Waals surface area (Å²) in [6, 6.07) is 16.8. The minimum absolute atomic E-state index is 0. The molecule has 3 amide bonds. The number of para-hydroxylation sites is 1. The second-order valence-electron chi connectivity index (χ2n) is 10.8. The number of aliphatic hydroxyl groups excluding tert-OH is 1. The number of rotatable bonds is 8. The molecule has 0 aliphatic carbocycles. The molecule has 0 saturated carbocycles. The lowest BCUT2D eigenvalue weighted by Crippen LogP contribution is -2.60. The van der Waals surface area contributed by atoms with Gasteiger partial charge in [-0.05, 0) is 30.5 Å². The highest BCUT2D eigenvalue weighted by atomic mass is 35.5. The second-order valence-corrected chi connectivity index (χ2v) is 10.8. The lowest BCUT2D eigenvalue weighted by molar-refractivity contribution is -0.150. The van der Waals surface area contributed by atoms with Crippen molar-refractivity contribution in [2.45, 2.75) is 43.5 Å². The normalized spacial score (nSPS) is 19.1. The van der Waals surface area contributed by atoms with Gasteiger partial charge < -0.3 is 42.1 Å². The summed E-state index contributed by atoms with van der Waals surface area (Å²) < 4.78 is 0. The van der Waals surface area contributed by atoms with E-state index in [9.17, 15) is 29.4 Å². The third-order valence-corrected chi connectivity index (χ3v) is 7.68. The van der Waals surface area contributed by atoms with Gasteiger partial charge in [-0.15, -0.1) is 37.2 Å². The van der Waals surface area contributed by atoms with Crippen molar-refractivity contribution in [1.82, 2.24) is 25.4 Å². The number of aryl methyl sites for hydroxylation is 1. The number of nitrogens with two attached hydrogens (primary N) is 2. The molecule has 4 atom stereocenters. The van der Waals surface area contributed by atoms with E-state index < -0.39 is 42.0 Å². The van der Waals surface area contributed by atoms with Crippen LogP contribution in [0.5, 0.6) is 0 Å². The first-order chi connectivity index (χ1) is 21.2. The Morgan fingerprint density at radius 2 is 1.70 bits per heavy atom. The summed E-state index contributed by atoms with van der Waals surface area (Å²) in [6.45, 7) is 0.759. The molecule has 2 aliphatic heterocycles. The van der Waals surface area contributed by atoms with Crippen LogP contribution in [-0.4, -0.2) is 106 Å². The van der Waals surface area contributed by atoms with Crippen LogP contribution in [0.25, 0.3) is 10.9 Å². The van der Waals surface area contributed by atoms with Gasteiger partial charge in [-0.1, -0.05) is 48.5 Å². The summed E-state index contributed by atoms with van der Waals surface area (Å²) in [7, 11) is 0. The number of nitrogens with one attached hydrogen (secondary N) is 2. The quantitative estimate of drug-likeness (QED) is 0.195. The van der Waals surface area contributed by atoms with Crippen molar-refractivity contribution >= 4 is 77.5 Å².